The lowest BCUT2D eigenvalue weighted by molar-refractivity contribution is -0.159. The molecule has 0 saturated heterocycles. The Labute approximate surface area is 182 Å². The molecule has 0 heterocycles. The summed E-state index contributed by atoms with van der Waals surface area (Å²) in [7, 11) is 2.54. The highest BCUT2D eigenvalue weighted by Gasteiger charge is 2.64. The van der Waals surface area contributed by atoms with Crippen molar-refractivity contribution in [2.75, 3.05) is 14.2 Å². The Morgan fingerprint density at radius 1 is 1.06 bits per heavy atom. The van der Waals surface area contributed by atoms with Crippen molar-refractivity contribution in [2.45, 2.75) is 70.7 Å². The van der Waals surface area contributed by atoms with Crippen LogP contribution in [0, 0.1) is 28.6 Å². The molecule has 3 fully saturated rings. The van der Waals surface area contributed by atoms with Crippen LogP contribution in [0.4, 0.5) is 9.59 Å². The number of Topliss-reactive ketones (excluding diaryl/α,β-unsaturated/α-hetero) is 1. The number of carbonyl (C=O) groups is 3. The second-order valence-corrected chi connectivity index (χ2v) is 9.94. The Kier molecular flexibility index (Phi) is 5.56. The molecule has 0 aromatic heterocycles. The molecule has 4 aliphatic carbocycles. The molecule has 4 aliphatic rings. The van der Waals surface area contributed by atoms with Gasteiger partial charge in [0.15, 0.2) is 0 Å². The van der Waals surface area contributed by atoms with Crippen LogP contribution < -0.4 is 0 Å². The molecule has 1 N–H and O–H groups in total. The lowest BCUT2D eigenvalue weighted by atomic mass is 9.46. The molecule has 8 atom stereocenters. The van der Waals surface area contributed by atoms with E-state index in [-0.39, 0.29) is 35.1 Å². The first kappa shape index (κ1) is 22.1. The quantitative estimate of drug-likeness (QED) is 0.518. The lowest BCUT2D eigenvalue weighted by Gasteiger charge is -2.59. The molecule has 0 spiro atoms. The highest BCUT2D eigenvalue weighted by molar-refractivity contribution is 5.87. The minimum Gasteiger partial charge on any atom is -0.438 e. The van der Waals surface area contributed by atoms with Gasteiger partial charge in [0.2, 0.25) is 0 Å². The Morgan fingerprint density at radius 3 is 2.42 bits per heavy atom. The number of ketones is 1. The van der Waals surface area contributed by atoms with Crippen LogP contribution in [0.1, 0.15) is 52.4 Å². The largest absolute Gasteiger partial charge is 0.508 e. The smallest absolute Gasteiger partial charge is 0.438 e. The third-order valence-corrected chi connectivity index (χ3v) is 8.54. The fraction of sp³-hybridized carbons (Fsp3) is 0.783. The van der Waals surface area contributed by atoms with Gasteiger partial charge in [-0.05, 0) is 43.1 Å². The maximum Gasteiger partial charge on any atom is 0.508 e. The van der Waals surface area contributed by atoms with Gasteiger partial charge in [0.25, 0.3) is 0 Å². The monoisotopic (exact) mass is 436 g/mol. The minimum atomic E-state index is -0.784. The van der Waals surface area contributed by atoms with E-state index < -0.39 is 29.9 Å². The molecule has 3 saturated carbocycles. The fourth-order valence-corrected chi connectivity index (χ4v) is 7.04. The molecular weight excluding hydrogens is 404 g/mol. The summed E-state index contributed by atoms with van der Waals surface area (Å²) < 4.78 is 20.5. The standard InChI is InChI=1S/C23H32O8/c1-22-8-7-13(30-20(26)28-3)9-12(22)10-16(31-21(27)29-4)18-14-5-6-17(25)23(14,2)11-15(24)19(18)22/h10,13-16,18-19,24H,5-9,11H2,1-4H3. The first-order chi connectivity index (χ1) is 14.6. The number of aliphatic hydroxyl groups excluding tert-OH is 1. The van der Waals surface area contributed by atoms with Gasteiger partial charge in [0.1, 0.15) is 18.0 Å². The third-order valence-electron chi connectivity index (χ3n) is 8.54. The minimum absolute atomic E-state index is 0.0294. The van der Waals surface area contributed by atoms with E-state index in [4.69, 9.17) is 14.2 Å². The molecule has 0 aromatic rings. The average molecular weight is 437 g/mol. The zero-order valence-electron chi connectivity index (χ0n) is 18.6. The molecule has 0 amide bonds. The number of aliphatic hydroxyl groups is 1. The number of ether oxygens (including phenoxy) is 4. The Hall–Kier alpha value is -2.09. The van der Waals surface area contributed by atoms with E-state index in [2.05, 4.69) is 11.7 Å². The molecule has 31 heavy (non-hydrogen) atoms. The molecule has 0 radical (unpaired) electrons. The molecule has 8 nitrogen and oxygen atoms in total. The zero-order chi connectivity index (χ0) is 22.6. The van der Waals surface area contributed by atoms with Crippen molar-refractivity contribution in [3.05, 3.63) is 11.6 Å². The Balaban J connectivity index is 1.73. The predicted molar refractivity (Wildman–Crippen MR) is 108 cm³/mol. The van der Waals surface area contributed by atoms with Crippen LogP contribution in [0.15, 0.2) is 11.6 Å². The number of fused-ring (bicyclic) bond motifs is 5. The number of methoxy groups -OCH3 is 2. The molecule has 0 aromatic carbocycles. The third kappa shape index (κ3) is 3.43. The van der Waals surface area contributed by atoms with Crippen molar-refractivity contribution in [1.29, 1.82) is 0 Å². The number of hydrogen-bond acceptors (Lipinski definition) is 8. The fourth-order valence-electron chi connectivity index (χ4n) is 7.04. The van der Waals surface area contributed by atoms with Crippen molar-refractivity contribution in [2.24, 2.45) is 28.6 Å². The van der Waals surface area contributed by atoms with Crippen LogP contribution in [0.25, 0.3) is 0 Å². The second kappa shape index (κ2) is 7.80. The van der Waals surface area contributed by atoms with Gasteiger partial charge in [0.05, 0.1) is 20.3 Å². The topological polar surface area (TPSA) is 108 Å². The van der Waals surface area contributed by atoms with Gasteiger partial charge in [-0.3, -0.25) is 4.79 Å². The van der Waals surface area contributed by atoms with E-state index in [0.29, 0.717) is 25.7 Å². The van der Waals surface area contributed by atoms with Crippen LogP contribution in [-0.4, -0.2) is 55.7 Å². The van der Waals surface area contributed by atoms with Gasteiger partial charge < -0.3 is 24.1 Å². The van der Waals surface area contributed by atoms with Gasteiger partial charge in [-0.2, -0.15) is 0 Å². The number of rotatable bonds is 2. The maximum absolute atomic E-state index is 12.8. The highest BCUT2D eigenvalue weighted by Crippen LogP contribution is 2.64. The Bertz CT molecular complexity index is 805. The summed E-state index contributed by atoms with van der Waals surface area (Å²) in [6.45, 7) is 4.09. The van der Waals surface area contributed by atoms with Crippen molar-refractivity contribution >= 4 is 18.1 Å². The van der Waals surface area contributed by atoms with Crippen molar-refractivity contribution < 1.29 is 38.4 Å². The molecule has 0 bridgehead atoms. The molecular formula is C23H32O8. The first-order valence-electron chi connectivity index (χ1n) is 11.1. The molecule has 4 rings (SSSR count). The van der Waals surface area contributed by atoms with E-state index in [1.807, 2.05) is 13.0 Å². The zero-order valence-corrected chi connectivity index (χ0v) is 18.6. The summed E-state index contributed by atoms with van der Waals surface area (Å²) in [4.78, 5) is 36.4. The molecule has 172 valence electrons. The van der Waals surface area contributed by atoms with Gasteiger partial charge in [-0.1, -0.05) is 19.4 Å². The normalized spacial score (nSPS) is 43.6. The second-order valence-electron chi connectivity index (χ2n) is 9.94. The SMILES string of the molecule is COC(=O)OC1CCC2(C)C(=CC(OC(=O)OC)C3C4CCC(=O)C4(C)CC(O)C32)C1. The lowest BCUT2D eigenvalue weighted by Crippen LogP contribution is -2.60. The van der Waals surface area contributed by atoms with Crippen LogP contribution >= 0.6 is 0 Å². The van der Waals surface area contributed by atoms with E-state index >= 15 is 0 Å². The van der Waals surface area contributed by atoms with E-state index in [1.165, 1.54) is 14.2 Å². The summed E-state index contributed by atoms with van der Waals surface area (Å²) in [5.41, 5.74) is 0.0728. The maximum atomic E-state index is 12.8. The summed E-state index contributed by atoms with van der Waals surface area (Å²) >= 11 is 0. The summed E-state index contributed by atoms with van der Waals surface area (Å²) in [5, 5.41) is 11.3. The van der Waals surface area contributed by atoms with Gasteiger partial charge >= 0.3 is 12.3 Å². The van der Waals surface area contributed by atoms with Crippen LogP contribution in [0.3, 0.4) is 0 Å². The summed E-state index contributed by atoms with van der Waals surface area (Å²) in [5.74, 6) is -0.125. The van der Waals surface area contributed by atoms with Crippen LogP contribution in [0.2, 0.25) is 0 Å². The predicted octanol–water partition coefficient (Wildman–Crippen LogP) is 3.40. The van der Waals surface area contributed by atoms with Gasteiger partial charge in [0, 0.05) is 30.1 Å². The van der Waals surface area contributed by atoms with Crippen LogP contribution in [-0.2, 0) is 23.7 Å². The van der Waals surface area contributed by atoms with Crippen molar-refractivity contribution in [3.63, 3.8) is 0 Å². The van der Waals surface area contributed by atoms with Crippen molar-refractivity contribution in [3.8, 4) is 0 Å². The van der Waals surface area contributed by atoms with E-state index in [9.17, 15) is 19.5 Å². The van der Waals surface area contributed by atoms with E-state index in [1.54, 1.807) is 0 Å². The average Bonchev–Trinajstić information content (AvgIpc) is 3.02. The summed E-state index contributed by atoms with van der Waals surface area (Å²) in [6.07, 6.45) is 2.33. The number of hydrogen-bond donors (Lipinski definition) is 1. The number of carbonyl (C=O) groups excluding carboxylic acids is 3. The molecule has 8 heteroatoms. The first-order valence-corrected chi connectivity index (χ1v) is 11.1. The van der Waals surface area contributed by atoms with Crippen molar-refractivity contribution in [1.82, 2.24) is 0 Å². The summed E-state index contributed by atoms with van der Waals surface area (Å²) in [6, 6.07) is 0. The molecule has 8 unspecified atom stereocenters. The highest BCUT2D eigenvalue weighted by atomic mass is 16.7. The van der Waals surface area contributed by atoms with Crippen LogP contribution in [0.5, 0.6) is 0 Å². The van der Waals surface area contributed by atoms with Gasteiger partial charge in [-0.15, -0.1) is 0 Å². The van der Waals surface area contributed by atoms with Gasteiger partial charge in [-0.25, -0.2) is 9.59 Å². The Morgan fingerprint density at radius 2 is 1.74 bits per heavy atom. The molecule has 0 aliphatic heterocycles. The van der Waals surface area contributed by atoms with E-state index in [0.717, 1.165) is 18.4 Å².